The van der Waals surface area contributed by atoms with Gasteiger partial charge in [0, 0.05) is 13.1 Å². The molecular weight excluding hydrogens is 258 g/mol. The number of rotatable bonds is 7. The summed E-state index contributed by atoms with van der Waals surface area (Å²) in [6.07, 6.45) is 1.14. The highest BCUT2D eigenvalue weighted by atomic mass is 16.3. The molecule has 2 nitrogen and oxygen atoms in total. The normalized spacial score (nSPS) is 11.0. The maximum Gasteiger partial charge on any atom is 0.0681 e. The Morgan fingerprint density at radius 2 is 1.48 bits per heavy atom. The summed E-state index contributed by atoms with van der Waals surface area (Å²) in [4.78, 5) is 0. The largest absolute Gasteiger partial charge is 0.392 e. The van der Waals surface area contributed by atoms with Crippen molar-refractivity contribution in [3.63, 3.8) is 0 Å². The summed E-state index contributed by atoms with van der Waals surface area (Å²) >= 11 is 0. The Morgan fingerprint density at radius 3 is 2.14 bits per heavy atom. The number of hydrogen-bond acceptors (Lipinski definition) is 2. The minimum absolute atomic E-state index is 0.102. The van der Waals surface area contributed by atoms with Gasteiger partial charge >= 0.3 is 0 Å². The van der Waals surface area contributed by atoms with Crippen LogP contribution >= 0.6 is 0 Å². The average molecular weight is 283 g/mol. The van der Waals surface area contributed by atoms with Gasteiger partial charge in [-0.1, -0.05) is 62.4 Å². The molecular formula is C19H25NO. The van der Waals surface area contributed by atoms with Gasteiger partial charge in [0.1, 0.15) is 0 Å². The van der Waals surface area contributed by atoms with Gasteiger partial charge in [-0.2, -0.15) is 0 Å². The van der Waals surface area contributed by atoms with Crippen LogP contribution in [-0.2, 0) is 26.1 Å². The molecule has 0 saturated heterocycles. The van der Waals surface area contributed by atoms with E-state index in [0.717, 1.165) is 25.1 Å². The van der Waals surface area contributed by atoms with Crippen LogP contribution in [0, 0.1) is 5.92 Å². The molecule has 0 unspecified atom stereocenters. The van der Waals surface area contributed by atoms with E-state index in [2.05, 4.69) is 49.5 Å². The second-order valence-corrected chi connectivity index (χ2v) is 6.00. The SMILES string of the molecule is CC(C)Cc1ccc(CNCc2cccc(CO)c2)cc1. The predicted octanol–water partition coefficient (Wildman–Crippen LogP) is 3.67. The van der Waals surface area contributed by atoms with Crippen LogP contribution in [0.2, 0.25) is 0 Å². The summed E-state index contributed by atoms with van der Waals surface area (Å²) in [5.74, 6) is 0.702. The number of benzene rings is 2. The smallest absolute Gasteiger partial charge is 0.0681 e. The standard InChI is InChI=1S/C19H25NO/c1-15(2)10-16-6-8-17(9-7-16)12-20-13-18-4-3-5-19(11-18)14-21/h3-9,11,15,20-21H,10,12-14H2,1-2H3. The van der Waals surface area contributed by atoms with Crippen molar-refractivity contribution in [1.82, 2.24) is 5.32 Å². The van der Waals surface area contributed by atoms with Crippen molar-refractivity contribution < 1.29 is 5.11 Å². The highest BCUT2D eigenvalue weighted by Crippen LogP contribution is 2.10. The van der Waals surface area contributed by atoms with Crippen molar-refractivity contribution in [2.45, 2.75) is 40.0 Å². The van der Waals surface area contributed by atoms with Gasteiger partial charge in [0.2, 0.25) is 0 Å². The van der Waals surface area contributed by atoms with Crippen LogP contribution in [0.5, 0.6) is 0 Å². The second kappa shape index (κ2) is 7.96. The summed E-state index contributed by atoms with van der Waals surface area (Å²) in [7, 11) is 0. The zero-order valence-corrected chi connectivity index (χ0v) is 13.0. The quantitative estimate of drug-likeness (QED) is 0.812. The van der Waals surface area contributed by atoms with Gasteiger partial charge in [-0.05, 0) is 34.6 Å². The Balaban J connectivity index is 1.82. The first-order valence-electron chi connectivity index (χ1n) is 7.64. The Morgan fingerprint density at radius 1 is 0.857 bits per heavy atom. The van der Waals surface area contributed by atoms with Crippen LogP contribution in [0.1, 0.15) is 36.1 Å². The zero-order valence-electron chi connectivity index (χ0n) is 13.0. The molecule has 0 heterocycles. The topological polar surface area (TPSA) is 32.3 Å². The molecule has 2 aromatic carbocycles. The van der Waals surface area contributed by atoms with Crippen LogP contribution in [0.15, 0.2) is 48.5 Å². The Labute approximate surface area is 127 Å². The molecule has 2 aromatic rings. The van der Waals surface area contributed by atoms with E-state index in [4.69, 9.17) is 5.11 Å². The van der Waals surface area contributed by atoms with Gasteiger partial charge in [0.15, 0.2) is 0 Å². The second-order valence-electron chi connectivity index (χ2n) is 6.00. The highest BCUT2D eigenvalue weighted by Gasteiger charge is 1.99. The third kappa shape index (κ3) is 5.33. The first-order valence-corrected chi connectivity index (χ1v) is 7.64. The minimum atomic E-state index is 0.102. The van der Waals surface area contributed by atoms with E-state index >= 15 is 0 Å². The van der Waals surface area contributed by atoms with E-state index in [0.29, 0.717) is 5.92 Å². The maximum absolute atomic E-state index is 9.13. The molecule has 0 aliphatic rings. The van der Waals surface area contributed by atoms with Gasteiger partial charge in [0.25, 0.3) is 0 Å². The van der Waals surface area contributed by atoms with Crippen molar-refractivity contribution in [2.75, 3.05) is 0 Å². The fourth-order valence-electron chi connectivity index (χ4n) is 2.45. The molecule has 0 amide bonds. The molecule has 0 saturated carbocycles. The monoisotopic (exact) mass is 283 g/mol. The molecule has 112 valence electrons. The molecule has 21 heavy (non-hydrogen) atoms. The molecule has 2 rings (SSSR count). The molecule has 0 aliphatic heterocycles. The molecule has 0 aromatic heterocycles. The summed E-state index contributed by atoms with van der Waals surface area (Å²) in [5.41, 5.74) is 4.88. The fraction of sp³-hybridized carbons (Fsp3) is 0.368. The summed E-state index contributed by atoms with van der Waals surface area (Å²) in [6, 6.07) is 16.9. The Bertz CT molecular complexity index is 546. The lowest BCUT2D eigenvalue weighted by Gasteiger charge is -2.08. The number of aliphatic hydroxyl groups is 1. The molecule has 0 radical (unpaired) electrons. The maximum atomic E-state index is 9.13. The van der Waals surface area contributed by atoms with E-state index in [1.54, 1.807) is 0 Å². The van der Waals surface area contributed by atoms with Crippen LogP contribution in [-0.4, -0.2) is 5.11 Å². The molecule has 0 spiro atoms. The summed E-state index contributed by atoms with van der Waals surface area (Å²) in [5, 5.41) is 12.6. The summed E-state index contributed by atoms with van der Waals surface area (Å²) < 4.78 is 0. The van der Waals surface area contributed by atoms with Gasteiger partial charge < -0.3 is 10.4 Å². The van der Waals surface area contributed by atoms with Crippen LogP contribution in [0.3, 0.4) is 0 Å². The Hall–Kier alpha value is -1.64. The summed E-state index contributed by atoms with van der Waals surface area (Å²) in [6.45, 7) is 6.28. The van der Waals surface area contributed by atoms with Gasteiger partial charge in [-0.25, -0.2) is 0 Å². The molecule has 0 bridgehead atoms. The third-order valence-corrected chi connectivity index (χ3v) is 3.50. The molecule has 0 aliphatic carbocycles. The molecule has 2 N–H and O–H groups in total. The molecule has 0 fully saturated rings. The van der Waals surface area contributed by atoms with Crippen molar-refractivity contribution >= 4 is 0 Å². The van der Waals surface area contributed by atoms with Crippen LogP contribution in [0.4, 0.5) is 0 Å². The van der Waals surface area contributed by atoms with Crippen LogP contribution in [0.25, 0.3) is 0 Å². The lowest BCUT2D eigenvalue weighted by Crippen LogP contribution is -2.12. The van der Waals surface area contributed by atoms with Gasteiger partial charge in [0.05, 0.1) is 6.61 Å². The van der Waals surface area contributed by atoms with Crippen molar-refractivity contribution in [1.29, 1.82) is 0 Å². The lowest BCUT2D eigenvalue weighted by atomic mass is 10.0. The molecule has 0 atom stereocenters. The van der Waals surface area contributed by atoms with Gasteiger partial charge in [-0.3, -0.25) is 0 Å². The van der Waals surface area contributed by atoms with Crippen molar-refractivity contribution in [3.05, 3.63) is 70.8 Å². The van der Waals surface area contributed by atoms with Crippen molar-refractivity contribution in [3.8, 4) is 0 Å². The van der Waals surface area contributed by atoms with E-state index in [1.165, 1.54) is 16.7 Å². The zero-order chi connectivity index (χ0) is 15.1. The first kappa shape index (κ1) is 15.7. The fourth-order valence-corrected chi connectivity index (χ4v) is 2.45. The first-order chi connectivity index (χ1) is 10.2. The highest BCUT2D eigenvalue weighted by molar-refractivity contribution is 5.24. The Kier molecular flexibility index (Phi) is 5.97. The van der Waals surface area contributed by atoms with E-state index < -0.39 is 0 Å². The lowest BCUT2D eigenvalue weighted by molar-refractivity contribution is 0.281. The van der Waals surface area contributed by atoms with Gasteiger partial charge in [-0.15, -0.1) is 0 Å². The molecule has 2 heteroatoms. The predicted molar refractivity (Wildman–Crippen MR) is 87.9 cm³/mol. The minimum Gasteiger partial charge on any atom is -0.392 e. The van der Waals surface area contributed by atoms with E-state index in [-0.39, 0.29) is 6.61 Å². The van der Waals surface area contributed by atoms with E-state index in [9.17, 15) is 0 Å². The number of hydrogen-bond donors (Lipinski definition) is 2. The third-order valence-electron chi connectivity index (χ3n) is 3.50. The number of nitrogens with one attached hydrogen (secondary N) is 1. The van der Waals surface area contributed by atoms with Crippen LogP contribution < -0.4 is 5.32 Å². The number of aliphatic hydroxyl groups excluding tert-OH is 1. The van der Waals surface area contributed by atoms with Crippen molar-refractivity contribution in [2.24, 2.45) is 5.92 Å². The average Bonchev–Trinajstić information content (AvgIpc) is 2.49. The van der Waals surface area contributed by atoms with E-state index in [1.807, 2.05) is 18.2 Å².